The Morgan fingerprint density at radius 3 is 2.56 bits per heavy atom. The van der Waals surface area contributed by atoms with Crippen LogP contribution in [-0.4, -0.2) is 15.6 Å². The van der Waals surface area contributed by atoms with E-state index in [-0.39, 0.29) is 11.7 Å². The molecule has 2 aliphatic heterocycles. The number of ether oxygens (including phenoxy) is 1. The van der Waals surface area contributed by atoms with Crippen molar-refractivity contribution < 1.29 is 9.66 Å². The van der Waals surface area contributed by atoms with Crippen molar-refractivity contribution >= 4 is 38.1 Å². The van der Waals surface area contributed by atoms with Crippen LogP contribution in [0.4, 0.5) is 5.69 Å². The van der Waals surface area contributed by atoms with Gasteiger partial charge in [0.2, 0.25) is 5.72 Å². The molecule has 0 spiro atoms. The summed E-state index contributed by atoms with van der Waals surface area (Å²) in [5.74, 6) is 0.792. The van der Waals surface area contributed by atoms with Crippen molar-refractivity contribution in [2.75, 3.05) is 0 Å². The minimum absolute atomic E-state index is 0.0251. The first kappa shape index (κ1) is 20.9. The lowest BCUT2D eigenvalue weighted by atomic mass is 9.92. The molecule has 0 fully saturated rings. The Kier molecular flexibility index (Phi) is 4.71. The van der Waals surface area contributed by atoms with Crippen LogP contribution in [0, 0.1) is 10.1 Å². The monoisotopic (exact) mass is 513 g/mol. The van der Waals surface area contributed by atoms with E-state index in [9.17, 15) is 10.1 Å². The molecule has 0 saturated heterocycles. The van der Waals surface area contributed by atoms with Gasteiger partial charge in [0.1, 0.15) is 5.75 Å². The van der Waals surface area contributed by atoms with Crippen LogP contribution >= 0.6 is 15.9 Å². The normalized spacial score (nSPS) is 20.9. The maximum absolute atomic E-state index is 11.2. The largest absolute Gasteiger partial charge is 0.462 e. The molecule has 2 heterocycles. The van der Waals surface area contributed by atoms with Gasteiger partial charge >= 0.3 is 0 Å². The molecule has 7 heteroatoms. The summed E-state index contributed by atoms with van der Waals surface area (Å²) < 4.78 is 7.54. The molecule has 168 valence electrons. The number of nitro groups is 1. The van der Waals surface area contributed by atoms with Gasteiger partial charge in [0.25, 0.3) is 5.69 Å². The number of hydrogen-bond acceptors (Lipinski definition) is 5. The predicted octanol–water partition coefficient (Wildman–Crippen LogP) is 6.93. The molecule has 0 amide bonds. The molecule has 0 aromatic heterocycles. The number of rotatable bonds is 3. The van der Waals surface area contributed by atoms with Crippen LogP contribution in [-0.2, 0) is 5.72 Å². The van der Waals surface area contributed by atoms with E-state index in [0.717, 1.165) is 39.0 Å². The summed E-state index contributed by atoms with van der Waals surface area (Å²) in [4.78, 5) is 10.8. The van der Waals surface area contributed by atoms with Gasteiger partial charge in [-0.25, -0.2) is 5.01 Å². The van der Waals surface area contributed by atoms with E-state index < -0.39 is 10.6 Å². The summed E-state index contributed by atoms with van der Waals surface area (Å²) in [5.41, 5.74) is 3.06. The van der Waals surface area contributed by atoms with Gasteiger partial charge in [0, 0.05) is 41.1 Å². The quantitative estimate of drug-likeness (QED) is 0.220. The van der Waals surface area contributed by atoms with Gasteiger partial charge < -0.3 is 4.74 Å². The molecule has 34 heavy (non-hydrogen) atoms. The summed E-state index contributed by atoms with van der Waals surface area (Å²) >= 11 is 3.59. The second-order valence-electron chi connectivity index (χ2n) is 8.74. The maximum Gasteiger partial charge on any atom is 0.269 e. The lowest BCUT2D eigenvalue weighted by Crippen LogP contribution is -2.48. The zero-order valence-corrected chi connectivity index (χ0v) is 19.9. The Morgan fingerprint density at radius 1 is 1.03 bits per heavy atom. The highest BCUT2D eigenvalue weighted by Gasteiger charge is 2.49. The zero-order chi connectivity index (χ0) is 23.4. The highest BCUT2D eigenvalue weighted by atomic mass is 79.9. The molecule has 4 aromatic carbocycles. The fraction of sp³-hybridized carbons (Fsp3) is 0.148. The molecule has 2 atom stereocenters. The SMILES string of the molecule is C[C@@]1(c2ccc([N+](=O)[O-])cc2)Oc2ccc(Br)cc2[C@@H]2CC(c3ccc4ccccc4c3)=NN21. The van der Waals surface area contributed by atoms with E-state index in [1.54, 1.807) is 12.1 Å². The molecule has 6 nitrogen and oxygen atoms in total. The van der Waals surface area contributed by atoms with Gasteiger partial charge in [0.15, 0.2) is 0 Å². The average molecular weight is 514 g/mol. The molecule has 0 radical (unpaired) electrons. The molecular formula is C27H20BrN3O3. The summed E-state index contributed by atoms with van der Waals surface area (Å²) in [6.07, 6.45) is 0.730. The van der Waals surface area contributed by atoms with Crippen molar-refractivity contribution in [3.8, 4) is 5.75 Å². The molecule has 0 N–H and O–H groups in total. The van der Waals surface area contributed by atoms with Crippen LogP contribution in [0.2, 0.25) is 0 Å². The highest BCUT2D eigenvalue weighted by Crippen LogP contribution is 2.51. The van der Waals surface area contributed by atoms with Crippen molar-refractivity contribution in [3.63, 3.8) is 0 Å². The zero-order valence-electron chi connectivity index (χ0n) is 18.3. The van der Waals surface area contributed by atoms with Crippen LogP contribution in [0.1, 0.15) is 36.1 Å². The molecule has 4 aromatic rings. The molecule has 2 aliphatic rings. The molecule has 0 saturated carbocycles. The molecule has 6 rings (SSSR count). The predicted molar refractivity (Wildman–Crippen MR) is 135 cm³/mol. The van der Waals surface area contributed by atoms with Gasteiger partial charge in [-0.1, -0.05) is 52.3 Å². The third kappa shape index (κ3) is 3.27. The Bertz CT molecular complexity index is 1480. The summed E-state index contributed by atoms with van der Waals surface area (Å²) in [7, 11) is 0. The highest BCUT2D eigenvalue weighted by molar-refractivity contribution is 9.10. The summed E-state index contributed by atoms with van der Waals surface area (Å²) in [5, 5.41) is 20.6. The van der Waals surface area contributed by atoms with Crippen LogP contribution in [0.3, 0.4) is 0 Å². The van der Waals surface area contributed by atoms with E-state index in [1.807, 2.05) is 36.2 Å². The minimum Gasteiger partial charge on any atom is -0.462 e. The fourth-order valence-electron chi connectivity index (χ4n) is 4.91. The number of benzene rings is 4. The number of hydrogen-bond donors (Lipinski definition) is 0. The van der Waals surface area contributed by atoms with Crippen LogP contribution < -0.4 is 4.74 Å². The third-order valence-corrected chi connectivity index (χ3v) is 7.18. The topological polar surface area (TPSA) is 68.0 Å². The van der Waals surface area contributed by atoms with Gasteiger partial charge in [0.05, 0.1) is 16.7 Å². The smallest absolute Gasteiger partial charge is 0.269 e. The van der Waals surface area contributed by atoms with Crippen LogP contribution in [0.5, 0.6) is 5.75 Å². The fourth-order valence-corrected chi connectivity index (χ4v) is 5.28. The maximum atomic E-state index is 11.2. The van der Waals surface area contributed by atoms with E-state index in [1.165, 1.54) is 22.9 Å². The van der Waals surface area contributed by atoms with Crippen LogP contribution in [0.25, 0.3) is 10.8 Å². The number of fused-ring (bicyclic) bond motifs is 4. The van der Waals surface area contributed by atoms with Gasteiger partial charge in [-0.15, -0.1) is 0 Å². The number of halogens is 1. The number of non-ortho nitro benzene ring substituents is 1. The summed E-state index contributed by atoms with van der Waals surface area (Å²) in [6.45, 7) is 1.97. The molecule has 0 bridgehead atoms. The van der Waals surface area contributed by atoms with Crippen molar-refractivity contribution in [3.05, 3.63) is 116 Å². The van der Waals surface area contributed by atoms with E-state index in [4.69, 9.17) is 9.84 Å². The average Bonchev–Trinajstić information content (AvgIpc) is 3.31. The summed E-state index contributed by atoms with van der Waals surface area (Å²) in [6, 6.07) is 27.2. The Hall–Kier alpha value is -3.71. The van der Waals surface area contributed by atoms with Crippen molar-refractivity contribution in [1.29, 1.82) is 0 Å². The molecule has 0 aliphatic carbocycles. The Labute approximate surface area is 204 Å². The second-order valence-corrected chi connectivity index (χ2v) is 9.66. The molecule has 0 unspecified atom stereocenters. The van der Waals surface area contributed by atoms with E-state index >= 15 is 0 Å². The number of hydrazone groups is 1. The van der Waals surface area contributed by atoms with E-state index in [0.29, 0.717) is 0 Å². The second kappa shape index (κ2) is 7.67. The van der Waals surface area contributed by atoms with Gasteiger partial charge in [-0.3, -0.25) is 10.1 Å². The van der Waals surface area contributed by atoms with Crippen molar-refractivity contribution in [2.45, 2.75) is 25.1 Å². The first-order valence-electron chi connectivity index (χ1n) is 11.0. The minimum atomic E-state index is -0.917. The van der Waals surface area contributed by atoms with E-state index in [2.05, 4.69) is 52.3 Å². The lowest BCUT2D eigenvalue weighted by Gasteiger charge is -2.46. The first-order chi connectivity index (χ1) is 16.4. The number of nitrogens with zero attached hydrogens (tertiary/aromatic N) is 3. The number of nitro benzene ring substituents is 1. The van der Waals surface area contributed by atoms with Gasteiger partial charge in [-0.05, 0) is 52.7 Å². The van der Waals surface area contributed by atoms with Crippen molar-refractivity contribution in [1.82, 2.24) is 5.01 Å². The Morgan fingerprint density at radius 2 is 1.79 bits per heavy atom. The van der Waals surface area contributed by atoms with Crippen molar-refractivity contribution in [2.24, 2.45) is 5.10 Å². The first-order valence-corrected chi connectivity index (χ1v) is 11.8. The van der Waals surface area contributed by atoms with Crippen LogP contribution in [0.15, 0.2) is 94.5 Å². The standard InChI is InChI=1S/C27H20BrN3O3/c1-27(20-8-11-22(12-9-20)31(32)33)30-25(23-15-21(28)10-13-26(23)34-27)16-24(29-30)19-7-6-17-4-2-3-5-18(17)14-19/h2-15,25H,16H2,1H3/t25-,27-/m0/s1. The molecular weight excluding hydrogens is 494 g/mol. The van der Waals surface area contributed by atoms with Gasteiger partial charge in [-0.2, -0.15) is 5.10 Å². The Balaban J connectivity index is 1.48. The third-order valence-electron chi connectivity index (χ3n) is 6.68. The lowest BCUT2D eigenvalue weighted by molar-refractivity contribution is -0.384.